The van der Waals surface area contributed by atoms with E-state index in [1.807, 2.05) is 6.92 Å². The molecule has 0 saturated heterocycles. The Kier molecular flexibility index (Phi) is 8.90. The van der Waals surface area contributed by atoms with Gasteiger partial charge < -0.3 is 24.6 Å². The first-order valence-corrected chi connectivity index (χ1v) is 12.2. The molecular weight excluding hydrogens is 448 g/mol. The highest BCUT2D eigenvalue weighted by atomic mass is 32.2. The number of aliphatic hydroxyl groups is 2. The van der Waals surface area contributed by atoms with Crippen LogP contribution in [0.15, 0.2) is 23.1 Å². The summed E-state index contributed by atoms with van der Waals surface area (Å²) in [6.45, 7) is 6.49. The van der Waals surface area contributed by atoms with Gasteiger partial charge in [0.1, 0.15) is 29.0 Å². The fourth-order valence-electron chi connectivity index (χ4n) is 3.35. The van der Waals surface area contributed by atoms with Gasteiger partial charge in [0.2, 0.25) is 15.9 Å². The topological polar surface area (TPSA) is 117 Å². The van der Waals surface area contributed by atoms with Gasteiger partial charge in [0.25, 0.3) is 0 Å². The van der Waals surface area contributed by atoms with Crippen molar-refractivity contribution < 1.29 is 32.9 Å². The number of hydrogen-bond acceptors (Lipinski definition) is 7. The Morgan fingerprint density at radius 1 is 1.42 bits per heavy atom. The maximum absolute atomic E-state index is 13.5. The number of carbonyl (C=O) groups is 1. The number of likely N-dealkylation sites (N-methyl/N-ethyl adjacent to an activating group) is 1. The molecule has 1 aromatic rings. The first-order valence-electron chi connectivity index (χ1n) is 10.7. The van der Waals surface area contributed by atoms with Gasteiger partial charge in [0, 0.05) is 38.2 Å². The number of methoxy groups -OCH3 is 1. The Labute approximate surface area is 196 Å². The average molecular weight is 483 g/mol. The van der Waals surface area contributed by atoms with Gasteiger partial charge in [0.05, 0.1) is 13.2 Å². The standard InChI is InChI=1S/C23H34N2O7S/c1-16-12-25(17(2)14-26)33(29,30)21-8-7-18(9-10-23(3,4)28)11-19(21)32-20(16)13-24(5)22(27)15-31-6/h7-8,11,16-17,20,26,28H,12-15H2,1-6H3/t16-,17+,20+/m1/s1. The molecule has 0 spiro atoms. The maximum Gasteiger partial charge on any atom is 0.248 e. The van der Waals surface area contributed by atoms with Crippen LogP contribution in [-0.4, -0.2) is 92.0 Å². The van der Waals surface area contributed by atoms with E-state index in [4.69, 9.17) is 9.47 Å². The molecule has 1 aromatic carbocycles. The quantitative estimate of drug-likeness (QED) is 0.573. The highest BCUT2D eigenvalue weighted by molar-refractivity contribution is 7.89. The highest BCUT2D eigenvalue weighted by Gasteiger charge is 2.38. The molecule has 3 atom stereocenters. The highest BCUT2D eigenvalue weighted by Crippen LogP contribution is 2.34. The smallest absolute Gasteiger partial charge is 0.248 e. The molecule has 1 heterocycles. The molecule has 33 heavy (non-hydrogen) atoms. The molecule has 0 bridgehead atoms. The van der Waals surface area contributed by atoms with Crippen LogP contribution >= 0.6 is 0 Å². The number of rotatable bonds is 6. The number of nitrogens with zero attached hydrogens (tertiary/aromatic N) is 2. The number of sulfonamides is 1. The summed E-state index contributed by atoms with van der Waals surface area (Å²) in [5.74, 6) is 5.12. The zero-order valence-electron chi connectivity index (χ0n) is 20.0. The Morgan fingerprint density at radius 3 is 2.67 bits per heavy atom. The van der Waals surface area contributed by atoms with E-state index >= 15 is 0 Å². The summed E-state index contributed by atoms with van der Waals surface area (Å²) in [6.07, 6.45) is -0.532. The first kappa shape index (κ1) is 27.1. The van der Waals surface area contributed by atoms with Crippen molar-refractivity contribution in [3.8, 4) is 17.6 Å². The first-order chi connectivity index (χ1) is 15.3. The van der Waals surface area contributed by atoms with Gasteiger partial charge in [-0.05, 0) is 39.0 Å². The van der Waals surface area contributed by atoms with E-state index in [1.165, 1.54) is 28.4 Å². The van der Waals surface area contributed by atoms with E-state index in [9.17, 15) is 23.4 Å². The van der Waals surface area contributed by atoms with Crippen LogP contribution in [0.5, 0.6) is 5.75 Å². The number of ether oxygens (including phenoxy) is 2. The molecule has 0 aromatic heterocycles. The lowest BCUT2D eigenvalue weighted by molar-refractivity contribution is -0.135. The minimum Gasteiger partial charge on any atom is -0.487 e. The summed E-state index contributed by atoms with van der Waals surface area (Å²) in [4.78, 5) is 13.7. The third kappa shape index (κ3) is 6.91. The van der Waals surface area contributed by atoms with E-state index in [-0.39, 0.29) is 48.8 Å². The van der Waals surface area contributed by atoms with E-state index in [0.29, 0.717) is 5.56 Å². The third-order valence-electron chi connectivity index (χ3n) is 5.33. The lowest BCUT2D eigenvalue weighted by Gasteiger charge is -2.37. The molecule has 0 saturated carbocycles. The molecule has 0 aliphatic carbocycles. The number of fused-ring (bicyclic) bond motifs is 1. The molecule has 1 aliphatic heterocycles. The lowest BCUT2D eigenvalue weighted by atomic mass is 10.0. The molecule has 1 amide bonds. The normalized spacial score (nSPS) is 21.5. The zero-order valence-corrected chi connectivity index (χ0v) is 20.8. The molecule has 10 heteroatoms. The van der Waals surface area contributed by atoms with Gasteiger partial charge in [-0.25, -0.2) is 8.42 Å². The summed E-state index contributed by atoms with van der Waals surface area (Å²) in [7, 11) is -0.905. The van der Waals surface area contributed by atoms with E-state index < -0.39 is 27.8 Å². The molecular formula is C23H34N2O7S. The lowest BCUT2D eigenvalue weighted by Crippen LogP contribution is -2.50. The minimum absolute atomic E-state index is 0.0422. The molecule has 1 aliphatic rings. The van der Waals surface area contributed by atoms with Gasteiger partial charge in [-0.3, -0.25) is 4.79 Å². The average Bonchev–Trinajstić information content (AvgIpc) is 2.73. The van der Waals surface area contributed by atoms with Crippen LogP contribution in [0.1, 0.15) is 33.3 Å². The molecule has 184 valence electrons. The van der Waals surface area contributed by atoms with Gasteiger partial charge in [0.15, 0.2) is 0 Å². The number of aliphatic hydroxyl groups excluding tert-OH is 1. The van der Waals surface area contributed by atoms with Crippen molar-refractivity contribution in [3.05, 3.63) is 23.8 Å². The van der Waals surface area contributed by atoms with E-state index in [1.54, 1.807) is 33.9 Å². The van der Waals surface area contributed by atoms with Crippen LogP contribution < -0.4 is 4.74 Å². The van der Waals surface area contributed by atoms with Gasteiger partial charge in [-0.15, -0.1) is 0 Å². The van der Waals surface area contributed by atoms with Crippen LogP contribution in [0.2, 0.25) is 0 Å². The molecule has 0 fully saturated rings. The second-order valence-corrected chi connectivity index (χ2v) is 10.8. The SMILES string of the molecule is COCC(=O)N(C)C[C@@H]1Oc2cc(C#CC(C)(C)O)ccc2S(=O)(=O)N([C@@H](C)CO)C[C@H]1C. The van der Waals surface area contributed by atoms with Crippen molar-refractivity contribution in [2.45, 2.75) is 50.3 Å². The van der Waals surface area contributed by atoms with E-state index in [0.717, 1.165) is 0 Å². The van der Waals surface area contributed by atoms with Crippen LogP contribution in [-0.2, 0) is 19.6 Å². The Bertz CT molecular complexity index is 1010. The summed E-state index contributed by atoms with van der Waals surface area (Å²) < 4.78 is 39.3. The molecule has 2 rings (SSSR count). The molecule has 2 N–H and O–H groups in total. The van der Waals surface area contributed by atoms with Gasteiger partial charge in [-0.2, -0.15) is 4.31 Å². The predicted octanol–water partition coefficient (Wildman–Crippen LogP) is 0.682. The predicted molar refractivity (Wildman–Crippen MR) is 123 cm³/mol. The Balaban J connectivity index is 2.57. The summed E-state index contributed by atoms with van der Waals surface area (Å²) in [5.41, 5.74) is -0.741. The summed E-state index contributed by atoms with van der Waals surface area (Å²) in [6, 6.07) is 3.85. The second kappa shape index (κ2) is 10.8. The summed E-state index contributed by atoms with van der Waals surface area (Å²) >= 11 is 0. The minimum atomic E-state index is -3.97. The fourth-order valence-corrected chi connectivity index (χ4v) is 5.18. The van der Waals surface area contributed by atoms with Crippen molar-refractivity contribution in [1.82, 2.24) is 9.21 Å². The van der Waals surface area contributed by atoms with Crippen LogP contribution in [0.4, 0.5) is 0 Å². The van der Waals surface area contributed by atoms with Gasteiger partial charge >= 0.3 is 0 Å². The zero-order chi connectivity index (χ0) is 25.0. The largest absolute Gasteiger partial charge is 0.487 e. The van der Waals surface area contributed by atoms with Crippen molar-refractivity contribution in [2.24, 2.45) is 5.92 Å². The molecule has 0 radical (unpaired) electrons. The van der Waals surface area contributed by atoms with Gasteiger partial charge in [-0.1, -0.05) is 18.8 Å². The Morgan fingerprint density at radius 2 is 2.09 bits per heavy atom. The molecule has 9 nitrogen and oxygen atoms in total. The third-order valence-corrected chi connectivity index (χ3v) is 7.35. The summed E-state index contributed by atoms with van der Waals surface area (Å²) in [5, 5.41) is 19.6. The van der Waals surface area contributed by atoms with Crippen molar-refractivity contribution in [1.29, 1.82) is 0 Å². The monoisotopic (exact) mass is 482 g/mol. The number of carbonyl (C=O) groups excluding carboxylic acids is 1. The second-order valence-electron chi connectivity index (χ2n) is 8.92. The van der Waals surface area contributed by atoms with E-state index in [2.05, 4.69) is 11.8 Å². The number of hydrogen-bond donors (Lipinski definition) is 2. The molecule has 0 unspecified atom stereocenters. The maximum atomic E-state index is 13.5. The number of benzene rings is 1. The van der Waals surface area contributed by atoms with Crippen LogP contribution in [0.3, 0.4) is 0 Å². The van der Waals surface area contributed by atoms with Crippen LogP contribution in [0.25, 0.3) is 0 Å². The number of amides is 1. The van der Waals surface area contributed by atoms with Crippen molar-refractivity contribution in [2.75, 3.05) is 40.5 Å². The van der Waals surface area contributed by atoms with Crippen molar-refractivity contribution >= 4 is 15.9 Å². The fraction of sp³-hybridized carbons (Fsp3) is 0.609. The Hall–Kier alpha value is -2.16. The van der Waals surface area contributed by atoms with Crippen molar-refractivity contribution in [3.63, 3.8) is 0 Å². The van der Waals surface area contributed by atoms with Crippen LogP contribution in [0, 0.1) is 17.8 Å².